The van der Waals surface area contributed by atoms with Crippen LogP contribution in [0, 0.1) is 17.5 Å². The largest absolute Gasteiger partial charge is 0.317 e. The molecule has 96 valence electrons. The monoisotopic (exact) mass is 245 g/mol. The summed E-state index contributed by atoms with van der Waals surface area (Å²) < 4.78 is 39.6. The van der Waals surface area contributed by atoms with Crippen molar-refractivity contribution in [3.8, 4) is 0 Å². The lowest BCUT2D eigenvalue weighted by Gasteiger charge is -2.26. The summed E-state index contributed by atoms with van der Waals surface area (Å²) in [5.41, 5.74) is -0.310. The molecule has 0 fully saturated rings. The van der Waals surface area contributed by atoms with Crippen LogP contribution in [0.25, 0.3) is 0 Å². The van der Waals surface area contributed by atoms with Gasteiger partial charge in [0, 0.05) is 0 Å². The van der Waals surface area contributed by atoms with E-state index in [2.05, 4.69) is 5.32 Å². The second-order valence-corrected chi connectivity index (χ2v) is 4.71. The molecule has 0 amide bonds. The predicted octanol–water partition coefficient (Wildman–Crippen LogP) is 3.38. The van der Waals surface area contributed by atoms with Crippen molar-refractivity contribution in [2.75, 3.05) is 13.1 Å². The molecule has 0 aromatic heterocycles. The van der Waals surface area contributed by atoms with Crippen molar-refractivity contribution in [3.63, 3.8) is 0 Å². The molecule has 1 aromatic carbocycles. The SMILES string of the molecule is CCNCCC(C)(C)c1ccc(F)c(F)c1F. The van der Waals surface area contributed by atoms with Gasteiger partial charge in [-0.3, -0.25) is 0 Å². The lowest BCUT2D eigenvalue weighted by molar-refractivity contribution is 0.398. The second kappa shape index (κ2) is 5.54. The molecule has 1 rings (SSSR count). The molecule has 0 unspecified atom stereocenters. The lowest BCUT2D eigenvalue weighted by atomic mass is 9.81. The zero-order chi connectivity index (χ0) is 13.1. The zero-order valence-electron chi connectivity index (χ0n) is 10.4. The Hall–Kier alpha value is -1.03. The van der Waals surface area contributed by atoms with Crippen LogP contribution in [0.5, 0.6) is 0 Å². The van der Waals surface area contributed by atoms with Crippen molar-refractivity contribution in [2.24, 2.45) is 0 Å². The minimum absolute atomic E-state index is 0.217. The summed E-state index contributed by atoms with van der Waals surface area (Å²) in [6.45, 7) is 7.16. The molecular weight excluding hydrogens is 227 g/mol. The third-order valence-electron chi connectivity index (χ3n) is 2.94. The van der Waals surface area contributed by atoms with Gasteiger partial charge in [-0.05, 0) is 36.6 Å². The van der Waals surface area contributed by atoms with Gasteiger partial charge in [0.2, 0.25) is 0 Å². The minimum atomic E-state index is -1.39. The van der Waals surface area contributed by atoms with Gasteiger partial charge in [-0.25, -0.2) is 13.2 Å². The highest BCUT2D eigenvalue weighted by Crippen LogP contribution is 2.30. The van der Waals surface area contributed by atoms with Crippen LogP contribution in [0.15, 0.2) is 12.1 Å². The van der Waals surface area contributed by atoms with Crippen molar-refractivity contribution in [1.82, 2.24) is 5.32 Å². The minimum Gasteiger partial charge on any atom is -0.317 e. The Balaban J connectivity index is 2.94. The van der Waals surface area contributed by atoms with Crippen molar-refractivity contribution in [3.05, 3.63) is 35.1 Å². The highest BCUT2D eigenvalue weighted by atomic mass is 19.2. The van der Waals surface area contributed by atoms with Gasteiger partial charge in [0.15, 0.2) is 17.5 Å². The Morgan fingerprint density at radius 3 is 2.35 bits per heavy atom. The fourth-order valence-corrected chi connectivity index (χ4v) is 1.76. The van der Waals surface area contributed by atoms with Crippen LogP contribution in [0.1, 0.15) is 32.8 Å². The summed E-state index contributed by atoms with van der Waals surface area (Å²) in [6, 6.07) is 2.29. The molecule has 1 N–H and O–H groups in total. The first-order valence-corrected chi connectivity index (χ1v) is 5.75. The molecule has 0 aliphatic heterocycles. The van der Waals surface area contributed by atoms with Crippen LogP contribution in [0.3, 0.4) is 0 Å². The van der Waals surface area contributed by atoms with E-state index in [4.69, 9.17) is 0 Å². The molecule has 1 aromatic rings. The van der Waals surface area contributed by atoms with Gasteiger partial charge >= 0.3 is 0 Å². The van der Waals surface area contributed by atoms with E-state index in [1.165, 1.54) is 6.07 Å². The van der Waals surface area contributed by atoms with E-state index in [1.807, 2.05) is 20.8 Å². The van der Waals surface area contributed by atoms with Crippen LogP contribution in [0.2, 0.25) is 0 Å². The standard InChI is InChI=1S/C13H18F3N/c1-4-17-8-7-13(2,3)9-5-6-10(14)12(16)11(9)15/h5-6,17H,4,7-8H2,1-3H3. The normalized spacial score (nSPS) is 11.9. The average molecular weight is 245 g/mol. The Kier molecular flexibility index (Phi) is 4.57. The van der Waals surface area contributed by atoms with Crippen molar-refractivity contribution >= 4 is 0 Å². The number of nitrogens with one attached hydrogen (secondary N) is 1. The molecule has 0 spiro atoms. The van der Waals surface area contributed by atoms with E-state index in [0.717, 1.165) is 12.6 Å². The third-order valence-corrected chi connectivity index (χ3v) is 2.94. The molecule has 0 aliphatic carbocycles. The predicted molar refractivity (Wildman–Crippen MR) is 62.5 cm³/mol. The smallest absolute Gasteiger partial charge is 0.194 e. The maximum atomic E-state index is 13.6. The maximum Gasteiger partial charge on any atom is 0.194 e. The quantitative estimate of drug-likeness (QED) is 0.619. The van der Waals surface area contributed by atoms with Gasteiger partial charge in [-0.15, -0.1) is 0 Å². The molecule has 0 aliphatic rings. The van der Waals surface area contributed by atoms with Crippen molar-refractivity contribution < 1.29 is 13.2 Å². The van der Waals surface area contributed by atoms with Gasteiger partial charge in [-0.2, -0.15) is 0 Å². The summed E-state index contributed by atoms with van der Waals surface area (Å²) >= 11 is 0. The molecule has 0 saturated heterocycles. The molecule has 0 heterocycles. The number of rotatable bonds is 5. The van der Waals surface area contributed by atoms with E-state index in [1.54, 1.807) is 0 Å². The van der Waals surface area contributed by atoms with E-state index >= 15 is 0 Å². The summed E-state index contributed by atoms with van der Waals surface area (Å²) in [5.74, 6) is -3.61. The number of hydrogen-bond acceptors (Lipinski definition) is 1. The highest BCUT2D eigenvalue weighted by Gasteiger charge is 2.26. The van der Waals surface area contributed by atoms with Crippen molar-refractivity contribution in [1.29, 1.82) is 0 Å². The van der Waals surface area contributed by atoms with Crippen LogP contribution < -0.4 is 5.32 Å². The Morgan fingerprint density at radius 1 is 1.12 bits per heavy atom. The maximum absolute atomic E-state index is 13.6. The van der Waals surface area contributed by atoms with E-state index < -0.39 is 22.9 Å². The van der Waals surface area contributed by atoms with E-state index in [-0.39, 0.29) is 5.56 Å². The van der Waals surface area contributed by atoms with E-state index in [0.29, 0.717) is 13.0 Å². The van der Waals surface area contributed by atoms with Gasteiger partial charge < -0.3 is 5.32 Å². The zero-order valence-corrected chi connectivity index (χ0v) is 10.4. The van der Waals surface area contributed by atoms with E-state index in [9.17, 15) is 13.2 Å². The Labute approximate surface area is 100 Å². The topological polar surface area (TPSA) is 12.0 Å². The first-order chi connectivity index (χ1) is 7.90. The summed E-state index contributed by atoms with van der Waals surface area (Å²) in [5, 5.41) is 3.13. The second-order valence-electron chi connectivity index (χ2n) is 4.71. The van der Waals surface area contributed by atoms with Gasteiger partial charge in [0.05, 0.1) is 0 Å². The molecule has 0 radical (unpaired) electrons. The number of benzene rings is 1. The first kappa shape index (κ1) is 14.0. The summed E-state index contributed by atoms with van der Waals surface area (Å²) in [4.78, 5) is 0. The fraction of sp³-hybridized carbons (Fsp3) is 0.538. The van der Waals surface area contributed by atoms with Crippen LogP contribution in [0.4, 0.5) is 13.2 Å². The lowest BCUT2D eigenvalue weighted by Crippen LogP contribution is -2.26. The highest BCUT2D eigenvalue weighted by molar-refractivity contribution is 5.27. The molecule has 17 heavy (non-hydrogen) atoms. The third kappa shape index (κ3) is 3.22. The molecular formula is C13H18F3N. The number of halogens is 3. The fourth-order valence-electron chi connectivity index (χ4n) is 1.76. The number of hydrogen-bond donors (Lipinski definition) is 1. The van der Waals surface area contributed by atoms with Gasteiger partial charge in [0.1, 0.15) is 0 Å². The van der Waals surface area contributed by atoms with Gasteiger partial charge in [-0.1, -0.05) is 26.8 Å². The van der Waals surface area contributed by atoms with Crippen molar-refractivity contribution in [2.45, 2.75) is 32.6 Å². The Morgan fingerprint density at radius 2 is 1.76 bits per heavy atom. The molecule has 0 atom stereocenters. The Bertz CT molecular complexity index is 388. The summed E-state index contributed by atoms with van der Waals surface area (Å²) in [6.07, 6.45) is 0.656. The summed E-state index contributed by atoms with van der Waals surface area (Å²) in [7, 11) is 0. The van der Waals surface area contributed by atoms with Crippen LogP contribution in [-0.4, -0.2) is 13.1 Å². The van der Waals surface area contributed by atoms with Crippen LogP contribution >= 0.6 is 0 Å². The van der Waals surface area contributed by atoms with Gasteiger partial charge in [0.25, 0.3) is 0 Å². The molecule has 0 saturated carbocycles. The molecule has 4 heteroatoms. The van der Waals surface area contributed by atoms with Crippen LogP contribution in [-0.2, 0) is 5.41 Å². The molecule has 0 bridgehead atoms. The average Bonchev–Trinajstić information content (AvgIpc) is 2.26. The first-order valence-electron chi connectivity index (χ1n) is 5.75. The molecule has 1 nitrogen and oxygen atoms in total.